The maximum absolute atomic E-state index is 14.1. The molecule has 11 heteroatoms. The lowest BCUT2D eigenvalue weighted by molar-refractivity contribution is -0.385. The van der Waals surface area contributed by atoms with E-state index in [1.807, 2.05) is 0 Å². The molecule has 1 fully saturated rings. The van der Waals surface area contributed by atoms with Crippen LogP contribution in [0.15, 0.2) is 53.6 Å². The molecule has 1 atom stereocenters. The van der Waals surface area contributed by atoms with Gasteiger partial charge in [-0.15, -0.1) is 0 Å². The Morgan fingerprint density at radius 3 is 2.67 bits per heavy atom. The summed E-state index contributed by atoms with van der Waals surface area (Å²) in [5.41, 5.74) is 3.22. The molecule has 0 aliphatic carbocycles. The molecule has 10 nitrogen and oxygen atoms in total. The Morgan fingerprint density at radius 1 is 1.12 bits per heavy atom. The first-order chi connectivity index (χ1) is 16.0. The van der Waals surface area contributed by atoms with Crippen LogP contribution in [0.3, 0.4) is 0 Å². The number of nitro groups is 1. The first-order valence-electron chi connectivity index (χ1n) is 10.6. The number of aromatic nitrogens is 3. The molecule has 0 amide bonds. The van der Waals surface area contributed by atoms with Gasteiger partial charge in [-0.2, -0.15) is 20.1 Å². The number of nitro benzene ring substituents is 1. The average Bonchev–Trinajstić information content (AvgIpc) is 2.81. The third-order valence-corrected chi connectivity index (χ3v) is 5.31. The number of nitrogens with zero attached hydrogens (tertiary/aromatic N) is 6. The van der Waals surface area contributed by atoms with Gasteiger partial charge in [0.25, 0.3) is 5.69 Å². The summed E-state index contributed by atoms with van der Waals surface area (Å²) in [6, 6.07) is 12.7. The van der Waals surface area contributed by atoms with Crippen molar-refractivity contribution in [3.63, 3.8) is 0 Å². The highest BCUT2D eigenvalue weighted by Gasteiger charge is 2.22. The number of hydrazone groups is 1. The van der Waals surface area contributed by atoms with Gasteiger partial charge in [-0.3, -0.25) is 10.1 Å². The predicted molar refractivity (Wildman–Crippen MR) is 124 cm³/mol. The molecule has 2 heterocycles. The molecular formula is C22H23FN8O2. The van der Waals surface area contributed by atoms with E-state index in [1.54, 1.807) is 36.4 Å². The van der Waals surface area contributed by atoms with Gasteiger partial charge in [0, 0.05) is 18.7 Å². The van der Waals surface area contributed by atoms with Gasteiger partial charge >= 0.3 is 0 Å². The molecule has 170 valence electrons. The van der Waals surface area contributed by atoms with E-state index in [0.717, 1.165) is 25.8 Å². The third kappa shape index (κ3) is 5.37. The molecule has 0 unspecified atom stereocenters. The number of nitrogens with one attached hydrogen (secondary N) is 2. The first kappa shape index (κ1) is 22.1. The average molecular weight is 450 g/mol. The van der Waals surface area contributed by atoms with Crippen LogP contribution in [0.2, 0.25) is 0 Å². The minimum atomic E-state index is -0.476. The molecule has 2 N–H and O–H groups in total. The van der Waals surface area contributed by atoms with E-state index in [-0.39, 0.29) is 29.3 Å². The van der Waals surface area contributed by atoms with E-state index in [1.165, 1.54) is 18.3 Å². The molecule has 0 spiro atoms. The molecule has 1 aliphatic rings. The van der Waals surface area contributed by atoms with Crippen LogP contribution in [-0.2, 0) is 0 Å². The van der Waals surface area contributed by atoms with Crippen LogP contribution in [0, 0.1) is 15.9 Å². The SMILES string of the molecule is C[C@@H]1CCCCN1c1nc(N/N=C\c2ccccc2[N+](=O)[O-])nc(Nc2ccccc2F)n1. The van der Waals surface area contributed by atoms with E-state index in [0.29, 0.717) is 11.5 Å². The Hall–Kier alpha value is -4.15. The predicted octanol–water partition coefficient (Wildman–Crippen LogP) is 4.49. The van der Waals surface area contributed by atoms with Crippen LogP contribution in [0.1, 0.15) is 31.7 Å². The summed E-state index contributed by atoms with van der Waals surface area (Å²) < 4.78 is 14.1. The Kier molecular flexibility index (Phi) is 6.67. The van der Waals surface area contributed by atoms with Crippen molar-refractivity contribution in [3.8, 4) is 0 Å². The Morgan fingerprint density at radius 2 is 1.88 bits per heavy atom. The van der Waals surface area contributed by atoms with Crippen molar-refractivity contribution in [2.75, 3.05) is 22.2 Å². The first-order valence-corrected chi connectivity index (χ1v) is 10.6. The molecule has 0 bridgehead atoms. The number of para-hydroxylation sites is 2. The number of piperidine rings is 1. The van der Waals surface area contributed by atoms with Crippen molar-refractivity contribution >= 4 is 35.4 Å². The number of hydrogen-bond donors (Lipinski definition) is 2. The molecule has 2 aromatic carbocycles. The van der Waals surface area contributed by atoms with Crippen molar-refractivity contribution in [3.05, 3.63) is 70.0 Å². The highest BCUT2D eigenvalue weighted by atomic mass is 19.1. The van der Waals surface area contributed by atoms with Crippen LogP contribution in [0.25, 0.3) is 0 Å². The fraction of sp³-hybridized carbons (Fsp3) is 0.273. The summed E-state index contributed by atoms with van der Waals surface area (Å²) in [5, 5.41) is 18.2. The Bertz CT molecular complexity index is 1170. The number of rotatable bonds is 7. The zero-order valence-electron chi connectivity index (χ0n) is 18.0. The van der Waals surface area contributed by atoms with Crippen molar-refractivity contribution < 1.29 is 9.31 Å². The number of hydrogen-bond acceptors (Lipinski definition) is 9. The summed E-state index contributed by atoms with van der Waals surface area (Å²) in [4.78, 5) is 26.1. The van der Waals surface area contributed by atoms with Crippen LogP contribution in [0.5, 0.6) is 0 Å². The number of benzene rings is 2. The van der Waals surface area contributed by atoms with Gasteiger partial charge in [0.05, 0.1) is 22.4 Å². The molecule has 1 aliphatic heterocycles. The molecule has 1 saturated heterocycles. The van der Waals surface area contributed by atoms with E-state index >= 15 is 0 Å². The van der Waals surface area contributed by atoms with Crippen molar-refractivity contribution in [1.29, 1.82) is 0 Å². The van der Waals surface area contributed by atoms with Gasteiger partial charge in [-0.05, 0) is 44.4 Å². The summed E-state index contributed by atoms with van der Waals surface area (Å²) >= 11 is 0. The molecular weight excluding hydrogens is 427 g/mol. The maximum atomic E-state index is 14.1. The Balaban J connectivity index is 1.63. The lowest BCUT2D eigenvalue weighted by Gasteiger charge is -2.33. The van der Waals surface area contributed by atoms with Crippen molar-refractivity contribution in [2.45, 2.75) is 32.2 Å². The standard InChI is InChI=1S/C22H23FN8O2/c1-15-8-6-7-13-30(15)22-27-20(25-18-11-4-3-10-17(18)23)26-21(28-22)29-24-14-16-9-2-5-12-19(16)31(32)33/h2-5,9-12,14-15H,6-8,13H2,1H3,(H2,25,26,27,28,29)/b24-14-/t15-/m1/s1. The lowest BCUT2D eigenvalue weighted by atomic mass is 10.0. The molecule has 33 heavy (non-hydrogen) atoms. The summed E-state index contributed by atoms with van der Waals surface area (Å²) in [6.45, 7) is 2.90. The summed E-state index contributed by atoms with van der Waals surface area (Å²) in [7, 11) is 0. The molecule has 1 aromatic heterocycles. The lowest BCUT2D eigenvalue weighted by Crippen LogP contribution is -2.38. The van der Waals surface area contributed by atoms with Gasteiger partial charge in [0.15, 0.2) is 0 Å². The van der Waals surface area contributed by atoms with Crippen molar-refractivity contribution in [2.24, 2.45) is 5.10 Å². The van der Waals surface area contributed by atoms with E-state index in [4.69, 9.17) is 0 Å². The maximum Gasteiger partial charge on any atom is 0.278 e. The van der Waals surface area contributed by atoms with E-state index in [9.17, 15) is 14.5 Å². The van der Waals surface area contributed by atoms with Gasteiger partial charge in [-0.1, -0.05) is 24.3 Å². The smallest absolute Gasteiger partial charge is 0.278 e. The van der Waals surface area contributed by atoms with Crippen molar-refractivity contribution in [1.82, 2.24) is 15.0 Å². The Labute approximate surface area is 189 Å². The zero-order valence-corrected chi connectivity index (χ0v) is 18.0. The molecule has 3 aromatic rings. The number of anilines is 4. The second-order valence-corrected chi connectivity index (χ2v) is 7.61. The minimum Gasteiger partial charge on any atom is -0.338 e. The van der Waals surface area contributed by atoms with Crippen LogP contribution >= 0.6 is 0 Å². The number of halogens is 1. The largest absolute Gasteiger partial charge is 0.338 e. The highest BCUT2D eigenvalue weighted by Crippen LogP contribution is 2.25. The van der Waals surface area contributed by atoms with Crippen LogP contribution in [0.4, 0.5) is 33.6 Å². The topological polar surface area (TPSA) is 121 Å². The van der Waals surface area contributed by atoms with E-state index < -0.39 is 10.7 Å². The van der Waals surface area contributed by atoms with Gasteiger partial charge in [0.2, 0.25) is 17.8 Å². The minimum absolute atomic E-state index is 0.0663. The second-order valence-electron chi connectivity index (χ2n) is 7.61. The fourth-order valence-electron chi connectivity index (χ4n) is 3.60. The van der Waals surface area contributed by atoms with E-state index in [2.05, 4.69) is 42.6 Å². The second kappa shape index (κ2) is 9.98. The highest BCUT2D eigenvalue weighted by molar-refractivity contribution is 5.85. The normalized spacial score (nSPS) is 16.1. The molecule has 4 rings (SSSR count). The van der Waals surface area contributed by atoms with Crippen LogP contribution in [-0.4, -0.2) is 38.7 Å². The fourth-order valence-corrected chi connectivity index (χ4v) is 3.60. The van der Waals surface area contributed by atoms with Crippen LogP contribution < -0.4 is 15.6 Å². The zero-order chi connectivity index (χ0) is 23.2. The van der Waals surface area contributed by atoms with Gasteiger partial charge in [0.1, 0.15) is 5.82 Å². The third-order valence-electron chi connectivity index (χ3n) is 5.31. The monoisotopic (exact) mass is 450 g/mol. The summed E-state index contributed by atoms with van der Waals surface area (Å²) in [5.74, 6) is 0.298. The summed E-state index contributed by atoms with van der Waals surface area (Å²) in [6.07, 6.45) is 4.49. The molecule has 0 saturated carbocycles. The molecule has 0 radical (unpaired) electrons. The quantitative estimate of drug-likeness (QED) is 0.307. The van der Waals surface area contributed by atoms with Gasteiger partial charge < -0.3 is 10.2 Å². The van der Waals surface area contributed by atoms with Gasteiger partial charge in [-0.25, -0.2) is 9.82 Å².